The minimum Gasteiger partial charge on any atom is -1.00 e. The van der Waals surface area contributed by atoms with E-state index in [-0.39, 0.29) is 81.4 Å². The zero-order valence-electron chi connectivity index (χ0n) is 2.47. The zero-order valence-corrected chi connectivity index (χ0v) is 8.86. The Morgan fingerprint density at radius 1 is 0.500 bits per heavy atom. The second kappa shape index (κ2) is 63.6. The maximum absolute atomic E-state index is 0. The van der Waals surface area contributed by atoms with Crippen LogP contribution in [-0.4, -0.2) is 11.0 Å². The van der Waals surface area contributed by atoms with Crippen LogP contribution in [0.1, 0.15) is 0 Å². The predicted molar refractivity (Wildman–Crippen MR) is 7.23 cm³/mol. The molecule has 46 valence electrons. The summed E-state index contributed by atoms with van der Waals surface area (Å²) in [6, 6.07) is 0. The third kappa shape index (κ3) is 37.8. The van der Waals surface area contributed by atoms with Gasteiger partial charge in [-0.15, -0.1) is 0 Å². The molecule has 0 radical (unpaired) electrons. The third-order valence-electron chi connectivity index (χ3n) is 0. The molecular weight excluding hydrogens is 375 g/mol. The molecular formula is H4Br3O2Rh. The van der Waals surface area contributed by atoms with Gasteiger partial charge in [0.2, 0.25) is 0 Å². The molecule has 4 N–H and O–H groups in total. The molecule has 0 aliphatic carbocycles. The van der Waals surface area contributed by atoms with Gasteiger partial charge in [-0.3, -0.25) is 0 Å². The summed E-state index contributed by atoms with van der Waals surface area (Å²) >= 11 is 0. The molecule has 0 unspecified atom stereocenters. The second-order valence-electron chi connectivity index (χ2n) is 0. The predicted octanol–water partition coefficient (Wildman–Crippen LogP) is -10.6. The van der Waals surface area contributed by atoms with E-state index in [1.165, 1.54) is 0 Å². The van der Waals surface area contributed by atoms with Crippen LogP contribution in [0.5, 0.6) is 0 Å². The van der Waals surface area contributed by atoms with E-state index in [4.69, 9.17) is 0 Å². The first-order valence-electron chi connectivity index (χ1n) is 0. The van der Waals surface area contributed by atoms with Gasteiger partial charge in [0.05, 0.1) is 0 Å². The second-order valence-corrected chi connectivity index (χ2v) is 0. The van der Waals surface area contributed by atoms with Crippen LogP contribution in [0.4, 0.5) is 0 Å². The van der Waals surface area contributed by atoms with Crippen molar-refractivity contribution in [2.75, 3.05) is 0 Å². The molecule has 0 aliphatic rings. The van der Waals surface area contributed by atoms with Crippen molar-refractivity contribution in [3.63, 3.8) is 0 Å². The average Bonchev–Trinajstić information content (AvgIpc) is 0. The fourth-order valence-corrected chi connectivity index (χ4v) is 0. The summed E-state index contributed by atoms with van der Waals surface area (Å²) in [5.41, 5.74) is 0. The minimum atomic E-state index is 0. The van der Waals surface area contributed by atoms with Gasteiger partial charge in [0.1, 0.15) is 0 Å². The summed E-state index contributed by atoms with van der Waals surface area (Å²) in [5.74, 6) is 0. The van der Waals surface area contributed by atoms with Gasteiger partial charge >= 0.3 is 19.5 Å². The molecule has 0 amide bonds. The Bertz CT molecular complexity index is 8.75. The molecule has 0 rings (SSSR count). The topological polar surface area (TPSA) is 63.0 Å². The van der Waals surface area contributed by atoms with Crippen molar-refractivity contribution in [2.24, 2.45) is 0 Å². The van der Waals surface area contributed by atoms with Gasteiger partial charge in [-0.1, -0.05) is 0 Å². The first-order valence-corrected chi connectivity index (χ1v) is 0. The first-order chi connectivity index (χ1) is 0. The van der Waals surface area contributed by atoms with E-state index in [2.05, 4.69) is 0 Å². The quantitative estimate of drug-likeness (QED) is 0.376. The monoisotopic (exact) mass is 376 g/mol. The molecule has 6 heavy (non-hydrogen) atoms. The molecule has 0 saturated heterocycles. The molecule has 2 nitrogen and oxygen atoms in total. The van der Waals surface area contributed by atoms with E-state index >= 15 is 0 Å². The summed E-state index contributed by atoms with van der Waals surface area (Å²) in [4.78, 5) is 0. The molecule has 0 aromatic rings. The van der Waals surface area contributed by atoms with Crippen LogP contribution in [-0.2, 0) is 19.5 Å². The van der Waals surface area contributed by atoms with Crippen LogP contribution in [0.3, 0.4) is 0 Å². The smallest absolute Gasteiger partial charge is 1.00 e. The van der Waals surface area contributed by atoms with Crippen LogP contribution < -0.4 is 50.9 Å². The van der Waals surface area contributed by atoms with Gasteiger partial charge < -0.3 is 61.9 Å². The van der Waals surface area contributed by atoms with Gasteiger partial charge in [-0.25, -0.2) is 0 Å². The van der Waals surface area contributed by atoms with Crippen molar-refractivity contribution in [3.8, 4) is 0 Å². The summed E-state index contributed by atoms with van der Waals surface area (Å²) in [6.07, 6.45) is 0. The fraction of sp³-hybridized carbons (Fsp3) is 0. The number of rotatable bonds is 0. The van der Waals surface area contributed by atoms with E-state index in [1.807, 2.05) is 0 Å². The molecule has 0 fully saturated rings. The van der Waals surface area contributed by atoms with Crippen LogP contribution in [0, 0.1) is 0 Å². The zero-order chi connectivity index (χ0) is 0. The Labute approximate surface area is 80.8 Å². The molecule has 0 spiro atoms. The number of hydrogen-bond donors (Lipinski definition) is 0. The summed E-state index contributed by atoms with van der Waals surface area (Å²) in [7, 11) is 0. The Balaban J connectivity index is 0. The molecule has 0 saturated carbocycles. The van der Waals surface area contributed by atoms with Gasteiger partial charge in [0, 0.05) is 0 Å². The number of halogens is 3. The van der Waals surface area contributed by atoms with E-state index in [9.17, 15) is 0 Å². The van der Waals surface area contributed by atoms with Crippen molar-refractivity contribution >= 4 is 0 Å². The largest absolute Gasteiger partial charge is 3.00 e. The van der Waals surface area contributed by atoms with Gasteiger partial charge in [-0.05, 0) is 0 Å². The van der Waals surface area contributed by atoms with Crippen molar-refractivity contribution in [1.29, 1.82) is 0 Å². The molecule has 0 bridgehead atoms. The van der Waals surface area contributed by atoms with Crippen molar-refractivity contribution in [3.05, 3.63) is 0 Å². The Kier molecular flexibility index (Phi) is 1050. The van der Waals surface area contributed by atoms with E-state index in [1.54, 1.807) is 0 Å². The summed E-state index contributed by atoms with van der Waals surface area (Å²) in [6.45, 7) is 0. The molecule has 6 heteroatoms. The molecule has 0 aromatic carbocycles. The maximum atomic E-state index is 0. The molecule has 0 atom stereocenters. The summed E-state index contributed by atoms with van der Waals surface area (Å²) in [5, 5.41) is 0. The molecule has 0 aliphatic heterocycles. The van der Waals surface area contributed by atoms with E-state index < -0.39 is 0 Å². The summed E-state index contributed by atoms with van der Waals surface area (Å²) < 4.78 is 0. The van der Waals surface area contributed by atoms with Crippen LogP contribution in [0.15, 0.2) is 0 Å². The third-order valence-corrected chi connectivity index (χ3v) is 0. The standard InChI is InChI=1S/3BrH.2H2O.Rh/h3*1H;2*1H2;/q;;;;;+3/p-3. The Morgan fingerprint density at radius 2 is 0.500 bits per heavy atom. The van der Waals surface area contributed by atoms with Gasteiger partial charge in [0.15, 0.2) is 0 Å². The number of hydrogen-bond acceptors (Lipinski definition) is 0. The van der Waals surface area contributed by atoms with E-state index in [0.29, 0.717) is 0 Å². The molecule has 0 heterocycles. The Morgan fingerprint density at radius 3 is 0.500 bits per heavy atom. The first kappa shape index (κ1) is 99.0. The maximum Gasteiger partial charge on any atom is 3.00 e. The van der Waals surface area contributed by atoms with Crippen molar-refractivity contribution in [1.82, 2.24) is 0 Å². The molecule has 0 aromatic heterocycles. The van der Waals surface area contributed by atoms with Crippen molar-refractivity contribution in [2.45, 2.75) is 0 Å². The van der Waals surface area contributed by atoms with Crippen LogP contribution in [0.25, 0.3) is 0 Å². The van der Waals surface area contributed by atoms with Crippen LogP contribution >= 0.6 is 0 Å². The van der Waals surface area contributed by atoms with E-state index in [0.717, 1.165) is 0 Å². The average molecular weight is 379 g/mol. The normalized spacial score (nSPS) is 0. The minimum absolute atomic E-state index is 0. The Hall–Kier alpha value is 1.98. The van der Waals surface area contributed by atoms with Crippen LogP contribution in [0.2, 0.25) is 0 Å². The SMILES string of the molecule is O.O.[Br-].[Br-].[Br-].[Rh+3]. The van der Waals surface area contributed by atoms with Gasteiger partial charge in [-0.2, -0.15) is 0 Å². The van der Waals surface area contributed by atoms with Gasteiger partial charge in [0.25, 0.3) is 0 Å². The van der Waals surface area contributed by atoms with Crippen molar-refractivity contribution < 1.29 is 81.4 Å². The fourth-order valence-electron chi connectivity index (χ4n) is 0.